The molecule has 5 N–H and O–H groups in total. The highest BCUT2D eigenvalue weighted by Crippen LogP contribution is 2.09. The number of aromatic hydroxyl groups is 1. The van der Waals surface area contributed by atoms with Gasteiger partial charge in [-0.3, -0.25) is 0 Å². The van der Waals surface area contributed by atoms with Crippen LogP contribution in [0.4, 0.5) is 5.69 Å². The van der Waals surface area contributed by atoms with Gasteiger partial charge >= 0.3 is 0 Å². The summed E-state index contributed by atoms with van der Waals surface area (Å²) in [5, 5.41) is 15.3. The maximum atomic E-state index is 8.70. The molecule has 1 aromatic carbocycles. The van der Waals surface area contributed by atoms with E-state index >= 15 is 0 Å². The first kappa shape index (κ1) is 11.8. The molecule has 0 bridgehead atoms. The first-order valence-corrected chi connectivity index (χ1v) is 5.25. The van der Waals surface area contributed by atoms with Gasteiger partial charge in [0.15, 0.2) is 0 Å². The molecule has 4 nitrogen and oxygen atoms in total. The fourth-order valence-electron chi connectivity index (χ4n) is 1.24. The second kappa shape index (κ2) is 7.09. The number of hydrogen-bond donors (Lipinski definition) is 4. The smallest absolute Gasteiger partial charge is 0.115 e. The normalized spacial score (nSPS) is 16.0. The summed E-state index contributed by atoms with van der Waals surface area (Å²) in [5.74, 6) is 0.249. The molecule has 1 aliphatic rings. The van der Waals surface area contributed by atoms with E-state index in [-0.39, 0.29) is 5.75 Å². The van der Waals surface area contributed by atoms with E-state index < -0.39 is 0 Å². The van der Waals surface area contributed by atoms with Crippen LogP contribution in [0.3, 0.4) is 0 Å². The number of benzene rings is 1. The van der Waals surface area contributed by atoms with Crippen molar-refractivity contribution in [1.29, 1.82) is 0 Å². The minimum Gasteiger partial charge on any atom is -0.508 e. The molecule has 0 unspecified atom stereocenters. The second-order valence-corrected chi connectivity index (χ2v) is 3.45. The number of nitrogens with two attached hydrogens (primary N) is 1. The Hall–Kier alpha value is -1.26. The summed E-state index contributed by atoms with van der Waals surface area (Å²) in [6.07, 6.45) is 1.28. The van der Waals surface area contributed by atoms with Crippen LogP contribution in [0, 0.1) is 0 Å². The average Bonchev–Trinajstić information content (AvgIpc) is 2.55. The van der Waals surface area contributed by atoms with Gasteiger partial charge in [0.25, 0.3) is 0 Å². The fourth-order valence-corrected chi connectivity index (χ4v) is 1.24. The summed E-state index contributed by atoms with van der Waals surface area (Å²) in [4.78, 5) is 0. The number of rotatable bonds is 0. The lowest BCUT2D eigenvalue weighted by Crippen LogP contribution is -2.21. The lowest BCUT2D eigenvalue weighted by atomic mass is 10.3. The van der Waals surface area contributed by atoms with E-state index in [0.717, 1.165) is 13.1 Å². The van der Waals surface area contributed by atoms with Crippen molar-refractivity contribution < 1.29 is 5.11 Å². The number of nitrogen functional groups attached to an aromatic ring is 1. The summed E-state index contributed by atoms with van der Waals surface area (Å²) >= 11 is 0. The van der Waals surface area contributed by atoms with Crippen LogP contribution in [-0.4, -0.2) is 31.3 Å². The van der Waals surface area contributed by atoms with Crippen LogP contribution in [0.2, 0.25) is 0 Å². The SMILES string of the molecule is C1CNCCNC1.Nc1ccc(O)cc1. The molecule has 1 aliphatic heterocycles. The average molecular weight is 209 g/mol. The molecule has 4 heteroatoms. The standard InChI is InChI=1S/C6H7NO.C5H12N2/c7-5-1-3-6(8)4-2-5;1-2-6-4-5-7-3-1/h1-4,8H,7H2;6-7H,1-5H2. The highest BCUT2D eigenvalue weighted by atomic mass is 16.3. The van der Waals surface area contributed by atoms with E-state index in [0.29, 0.717) is 5.69 Å². The number of phenols is 1. The van der Waals surface area contributed by atoms with E-state index in [4.69, 9.17) is 10.8 Å². The van der Waals surface area contributed by atoms with Gasteiger partial charge in [-0.1, -0.05) is 0 Å². The lowest BCUT2D eigenvalue weighted by molar-refractivity contribution is 0.475. The number of nitrogens with one attached hydrogen (secondary N) is 2. The van der Waals surface area contributed by atoms with Gasteiger partial charge in [-0.25, -0.2) is 0 Å². The second-order valence-electron chi connectivity index (χ2n) is 3.45. The van der Waals surface area contributed by atoms with Gasteiger partial charge in [-0.05, 0) is 43.8 Å². The van der Waals surface area contributed by atoms with Crippen molar-refractivity contribution in [2.45, 2.75) is 6.42 Å². The van der Waals surface area contributed by atoms with Crippen molar-refractivity contribution in [3.8, 4) is 5.75 Å². The predicted molar refractivity (Wildman–Crippen MR) is 62.9 cm³/mol. The monoisotopic (exact) mass is 209 g/mol. The zero-order valence-electron chi connectivity index (χ0n) is 8.87. The van der Waals surface area contributed by atoms with Gasteiger partial charge in [0.1, 0.15) is 5.75 Å². The largest absolute Gasteiger partial charge is 0.508 e. The van der Waals surface area contributed by atoms with Crippen LogP contribution in [0.15, 0.2) is 24.3 Å². The Morgan fingerprint density at radius 1 is 0.933 bits per heavy atom. The third-order valence-corrected chi connectivity index (χ3v) is 2.08. The Kier molecular flexibility index (Phi) is 5.58. The molecule has 0 aromatic heterocycles. The third-order valence-electron chi connectivity index (χ3n) is 2.08. The minimum atomic E-state index is 0.249. The molecule has 0 saturated carbocycles. The molecule has 1 aromatic rings. The van der Waals surface area contributed by atoms with Crippen LogP contribution in [-0.2, 0) is 0 Å². The third kappa shape index (κ3) is 5.93. The minimum absolute atomic E-state index is 0.249. The molecular weight excluding hydrogens is 190 g/mol. The van der Waals surface area contributed by atoms with E-state index in [9.17, 15) is 0 Å². The van der Waals surface area contributed by atoms with E-state index in [1.165, 1.54) is 19.5 Å². The molecule has 1 fully saturated rings. The quantitative estimate of drug-likeness (QED) is 0.372. The van der Waals surface area contributed by atoms with Crippen LogP contribution in [0.5, 0.6) is 5.75 Å². The molecule has 0 spiro atoms. The highest BCUT2D eigenvalue weighted by Gasteiger charge is 1.92. The summed E-state index contributed by atoms with van der Waals surface area (Å²) in [6, 6.07) is 6.40. The van der Waals surface area contributed by atoms with E-state index in [2.05, 4.69) is 10.6 Å². The zero-order valence-corrected chi connectivity index (χ0v) is 8.87. The molecular formula is C11H19N3O. The Bertz CT molecular complexity index is 220. The van der Waals surface area contributed by atoms with Crippen molar-refractivity contribution in [2.24, 2.45) is 0 Å². The Morgan fingerprint density at radius 2 is 1.47 bits per heavy atom. The maximum Gasteiger partial charge on any atom is 0.115 e. The first-order chi connectivity index (χ1) is 7.29. The van der Waals surface area contributed by atoms with Crippen molar-refractivity contribution >= 4 is 5.69 Å². The topological polar surface area (TPSA) is 70.3 Å². The lowest BCUT2D eigenvalue weighted by Gasteiger charge is -1.92. The van der Waals surface area contributed by atoms with Gasteiger partial charge in [0, 0.05) is 18.8 Å². The van der Waals surface area contributed by atoms with Crippen LogP contribution in [0.25, 0.3) is 0 Å². The number of hydrogen-bond acceptors (Lipinski definition) is 4. The van der Waals surface area contributed by atoms with Gasteiger partial charge in [-0.2, -0.15) is 0 Å². The van der Waals surface area contributed by atoms with Crippen molar-refractivity contribution in [2.75, 3.05) is 31.9 Å². The Balaban J connectivity index is 0.000000151. The molecule has 0 aliphatic carbocycles. The molecule has 2 rings (SSSR count). The molecule has 1 heterocycles. The summed E-state index contributed by atoms with van der Waals surface area (Å²) in [6.45, 7) is 4.65. The molecule has 84 valence electrons. The van der Waals surface area contributed by atoms with Crippen molar-refractivity contribution in [3.05, 3.63) is 24.3 Å². The highest BCUT2D eigenvalue weighted by molar-refractivity contribution is 5.40. The first-order valence-electron chi connectivity index (χ1n) is 5.25. The summed E-state index contributed by atoms with van der Waals surface area (Å²) in [7, 11) is 0. The number of anilines is 1. The maximum absolute atomic E-state index is 8.70. The molecule has 0 atom stereocenters. The van der Waals surface area contributed by atoms with Gasteiger partial charge < -0.3 is 21.5 Å². The predicted octanol–water partition coefficient (Wildman–Crippen LogP) is 0.544. The Labute approximate surface area is 90.5 Å². The molecule has 1 saturated heterocycles. The fraction of sp³-hybridized carbons (Fsp3) is 0.455. The van der Waals surface area contributed by atoms with Crippen LogP contribution >= 0.6 is 0 Å². The summed E-state index contributed by atoms with van der Waals surface area (Å²) in [5.41, 5.74) is 5.98. The van der Waals surface area contributed by atoms with E-state index in [1.54, 1.807) is 24.3 Å². The van der Waals surface area contributed by atoms with Crippen molar-refractivity contribution in [1.82, 2.24) is 10.6 Å². The van der Waals surface area contributed by atoms with Crippen LogP contribution < -0.4 is 16.4 Å². The number of phenolic OH excluding ortho intramolecular Hbond substituents is 1. The zero-order chi connectivity index (χ0) is 10.9. The van der Waals surface area contributed by atoms with Crippen molar-refractivity contribution in [3.63, 3.8) is 0 Å². The van der Waals surface area contributed by atoms with Gasteiger partial charge in [-0.15, -0.1) is 0 Å². The van der Waals surface area contributed by atoms with Gasteiger partial charge in [0.05, 0.1) is 0 Å². The molecule has 0 radical (unpaired) electrons. The Morgan fingerprint density at radius 3 is 1.93 bits per heavy atom. The molecule has 0 amide bonds. The van der Waals surface area contributed by atoms with Gasteiger partial charge in [0.2, 0.25) is 0 Å². The summed E-state index contributed by atoms with van der Waals surface area (Å²) < 4.78 is 0. The molecule has 15 heavy (non-hydrogen) atoms. The van der Waals surface area contributed by atoms with E-state index in [1.807, 2.05) is 0 Å². The van der Waals surface area contributed by atoms with Crippen LogP contribution in [0.1, 0.15) is 6.42 Å².